The zero-order valence-electron chi connectivity index (χ0n) is 12.4. The topological polar surface area (TPSA) is 58.6 Å². The molecule has 0 unspecified atom stereocenters. The smallest absolute Gasteiger partial charge is 0.317 e. The Morgan fingerprint density at radius 3 is 2.71 bits per heavy atom. The largest absolute Gasteiger partial charge is 0.469 e. The minimum atomic E-state index is -0.217. The molecule has 0 radical (unpaired) electrons. The maximum atomic E-state index is 12.0. The summed E-state index contributed by atoms with van der Waals surface area (Å²) in [7, 11) is 1.38. The van der Waals surface area contributed by atoms with Crippen molar-refractivity contribution < 1.29 is 14.3 Å². The van der Waals surface area contributed by atoms with E-state index < -0.39 is 0 Å². The van der Waals surface area contributed by atoms with Crippen molar-refractivity contribution in [2.24, 2.45) is 0 Å². The van der Waals surface area contributed by atoms with Gasteiger partial charge >= 0.3 is 12.0 Å². The van der Waals surface area contributed by atoms with Crippen molar-refractivity contribution in [3.05, 3.63) is 21.3 Å². The van der Waals surface area contributed by atoms with E-state index in [2.05, 4.69) is 10.1 Å². The SMILES string of the molecule is CCN(Cc1ccc(Cl)s1)C(=O)NCCCCC(=O)OC. The van der Waals surface area contributed by atoms with E-state index in [0.717, 1.165) is 15.6 Å². The molecular weight excluding hydrogens is 312 g/mol. The number of methoxy groups -OCH3 is 1. The average Bonchev–Trinajstić information content (AvgIpc) is 2.89. The Hall–Kier alpha value is -1.27. The van der Waals surface area contributed by atoms with Gasteiger partial charge in [0.05, 0.1) is 18.0 Å². The van der Waals surface area contributed by atoms with Crippen LogP contribution < -0.4 is 5.32 Å². The van der Waals surface area contributed by atoms with Gasteiger partial charge in [-0.25, -0.2) is 4.79 Å². The van der Waals surface area contributed by atoms with E-state index in [0.29, 0.717) is 32.5 Å². The zero-order valence-corrected chi connectivity index (χ0v) is 13.9. The molecular formula is C14H21ClN2O3S. The minimum Gasteiger partial charge on any atom is -0.469 e. The Labute approximate surface area is 134 Å². The maximum Gasteiger partial charge on any atom is 0.317 e. The van der Waals surface area contributed by atoms with Crippen molar-refractivity contribution in [3.8, 4) is 0 Å². The number of amides is 2. The monoisotopic (exact) mass is 332 g/mol. The van der Waals surface area contributed by atoms with Crippen LogP contribution >= 0.6 is 22.9 Å². The number of unbranched alkanes of at least 4 members (excludes halogenated alkanes) is 1. The molecule has 1 rings (SSSR count). The number of rotatable bonds is 8. The molecule has 1 aromatic heterocycles. The molecule has 0 fully saturated rings. The van der Waals surface area contributed by atoms with Gasteiger partial charge in [-0.3, -0.25) is 4.79 Å². The maximum absolute atomic E-state index is 12.0. The van der Waals surface area contributed by atoms with Gasteiger partial charge in [-0.15, -0.1) is 11.3 Å². The van der Waals surface area contributed by atoms with Crippen molar-refractivity contribution in [2.45, 2.75) is 32.7 Å². The predicted molar refractivity (Wildman–Crippen MR) is 84.7 cm³/mol. The lowest BCUT2D eigenvalue weighted by molar-refractivity contribution is -0.140. The van der Waals surface area contributed by atoms with Crippen molar-refractivity contribution in [3.63, 3.8) is 0 Å². The number of carbonyl (C=O) groups excluding carboxylic acids is 2. The fourth-order valence-electron chi connectivity index (χ4n) is 1.76. The highest BCUT2D eigenvalue weighted by atomic mass is 35.5. The first-order chi connectivity index (χ1) is 10.1. The summed E-state index contributed by atoms with van der Waals surface area (Å²) in [6.07, 6.45) is 1.85. The molecule has 118 valence electrons. The summed E-state index contributed by atoms with van der Waals surface area (Å²) in [4.78, 5) is 25.8. The van der Waals surface area contributed by atoms with Crippen LogP contribution in [0.2, 0.25) is 4.34 Å². The average molecular weight is 333 g/mol. The second kappa shape index (κ2) is 9.63. The summed E-state index contributed by atoms with van der Waals surface area (Å²) in [5.41, 5.74) is 0. The number of thiophene rings is 1. The van der Waals surface area contributed by atoms with Gasteiger partial charge < -0.3 is 15.0 Å². The van der Waals surface area contributed by atoms with Crippen LogP contribution in [0.3, 0.4) is 0 Å². The molecule has 21 heavy (non-hydrogen) atoms. The molecule has 0 saturated heterocycles. The minimum absolute atomic E-state index is 0.0971. The quantitative estimate of drug-likeness (QED) is 0.587. The highest BCUT2D eigenvalue weighted by Gasteiger charge is 2.12. The lowest BCUT2D eigenvalue weighted by atomic mass is 10.2. The Morgan fingerprint density at radius 2 is 2.14 bits per heavy atom. The third-order valence-electron chi connectivity index (χ3n) is 2.96. The van der Waals surface area contributed by atoms with Crippen LogP contribution in [-0.4, -0.2) is 37.1 Å². The number of carbonyl (C=O) groups is 2. The molecule has 0 aromatic carbocycles. The first kappa shape index (κ1) is 17.8. The molecule has 1 N–H and O–H groups in total. The van der Waals surface area contributed by atoms with Crippen molar-refractivity contribution in [1.29, 1.82) is 0 Å². The summed E-state index contributed by atoms with van der Waals surface area (Å²) < 4.78 is 5.28. The van der Waals surface area contributed by atoms with Crippen LogP contribution in [0.4, 0.5) is 4.79 Å². The van der Waals surface area contributed by atoms with Crippen LogP contribution in [0.1, 0.15) is 31.1 Å². The first-order valence-corrected chi connectivity index (χ1v) is 8.10. The molecule has 7 heteroatoms. The van der Waals surface area contributed by atoms with E-state index in [1.54, 1.807) is 4.90 Å². The summed E-state index contributed by atoms with van der Waals surface area (Å²) in [5, 5.41) is 2.86. The second-order valence-electron chi connectivity index (χ2n) is 4.49. The van der Waals surface area contributed by atoms with E-state index in [9.17, 15) is 9.59 Å². The highest BCUT2D eigenvalue weighted by Crippen LogP contribution is 2.22. The summed E-state index contributed by atoms with van der Waals surface area (Å²) in [6.45, 7) is 3.68. The molecule has 1 heterocycles. The molecule has 0 spiro atoms. The third kappa shape index (κ3) is 6.82. The van der Waals surface area contributed by atoms with Gasteiger partial charge in [-0.05, 0) is 31.9 Å². The number of urea groups is 1. The number of hydrogen-bond acceptors (Lipinski definition) is 4. The predicted octanol–water partition coefficient (Wildman–Crippen LogP) is 3.28. The van der Waals surface area contributed by atoms with Gasteiger partial charge in [0.25, 0.3) is 0 Å². The molecule has 1 aromatic rings. The second-order valence-corrected chi connectivity index (χ2v) is 6.28. The number of ether oxygens (including phenoxy) is 1. The summed E-state index contributed by atoms with van der Waals surface area (Å²) in [6, 6.07) is 3.67. The molecule has 0 aliphatic carbocycles. The van der Waals surface area contributed by atoms with E-state index in [1.807, 2.05) is 19.1 Å². The lowest BCUT2D eigenvalue weighted by Crippen LogP contribution is -2.39. The van der Waals surface area contributed by atoms with Crippen molar-refractivity contribution in [2.75, 3.05) is 20.2 Å². The summed E-state index contributed by atoms with van der Waals surface area (Å²) in [5.74, 6) is -0.217. The molecule has 5 nitrogen and oxygen atoms in total. The molecule has 2 amide bonds. The number of nitrogens with one attached hydrogen (secondary N) is 1. The lowest BCUT2D eigenvalue weighted by Gasteiger charge is -2.20. The molecule has 0 saturated carbocycles. The molecule has 0 aliphatic heterocycles. The Bertz CT molecular complexity index is 465. The third-order valence-corrected chi connectivity index (χ3v) is 4.17. The van der Waals surface area contributed by atoms with E-state index in [4.69, 9.17) is 11.6 Å². The van der Waals surface area contributed by atoms with Crippen LogP contribution in [-0.2, 0) is 16.1 Å². The fraction of sp³-hybridized carbons (Fsp3) is 0.571. The van der Waals surface area contributed by atoms with Crippen LogP contribution in [0.5, 0.6) is 0 Å². The van der Waals surface area contributed by atoms with E-state index in [-0.39, 0.29) is 12.0 Å². The van der Waals surface area contributed by atoms with E-state index >= 15 is 0 Å². The van der Waals surface area contributed by atoms with E-state index in [1.165, 1.54) is 18.4 Å². The molecule has 0 aliphatic rings. The standard InChI is InChI=1S/C14H21ClN2O3S/c1-3-17(10-11-7-8-12(15)21-11)14(19)16-9-5-4-6-13(18)20-2/h7-8H,3-6,9-10H2,1-2H3,(H,16,19). The van der Waals surface area contributed by atoms with Crippen LogP contribution in [0.15, 0.2) is 12.1 Å². The van der Waals surface area contributed by atoms with Gasteiger partial charge in [0.1, 0.15) is 0 Å². The number of nitrogens with zero attached hydrogens (tertiary/aromatic N) is 1. The molecule has 0 bridgehead atoms. The fourth-order valence-corrected chi connectivity index (χ4v) is 2.86. The Balaban J connectivity index is 2.26. The number of esters is 1. The normalized spacial score (nSPS) is 10.2. The van der Waals surface area contributed by atoms with Crippen molar-refractivity contribution >= 4 is 34.9 Å². The van der Waals surface area contributed by atoms with Crippen LogP contribution in [0.25, 0.3) is 0 Å². The van der Waals surface area contributed by atoms with Gasteiger partial charge in [-0.2, -0.15) is 0 Å². The van der Waals surface area contributed by atoms with Gasteiger partial charge in [0, 0.05) is 24.4 Å². The number of halogens is 1. The van der Waals surface area contributed by atoms with Crippen LogP contribution in [0, 0.1) is 0 Å². The Morgan fingerprint density at radius 1 is 1.38 bits per heavy atom. The van der Waals surface area contributed by atoms with Crippen molar-refractivity contribution in [1.82, 2.24) is 10.2 Å². The Kier molecular flexibility index (Phi) is 8.15. The van der Waals surface area contributed by atoms with Gasteiger partial charge in [0.2, 0.25) is 0 Å². The highest BCUT2D eigenvalue weighted by molar-refractivity contribution is 7.16. The van der Waals surface area contributed by atoms with Gasteiger partial charge in [-0.1, -0.05) is 11.6 Å². The number of hydrogen-bond donors (Lipinski definition) is 1. The first-order valence-electron chi connectivity index (χ1n) is 6.90. The molecule has 0 atom stereocenters. The summed E-state index contributed by atoms with van der Waals surface area (Å²) >= 11 is 7.36. The zero-order chi connectivity index (χ0) is 15.7. The van der Waals surface area contributed by atoms with Gasteiger partial charge in [0.15, 0.2) is 0 Å².